The van der Waals surface area contributed by atoms with Crippen molar-refractivity contribution in [3.05, 3.63) is 107 Å². The number of nitrogens with zero attached hydrogens (tertiary/aromatic N) is 2. The van der Waals surface area contributed by atoms with Gasteiger partial charge in [-0.2, -0.15) is 5.10 Å². The summed E-state index contributed by atoms with van der Waals surface area (Å²) in [6.45, 7) is 1.78. The molecule has 1 atom stereocenters. The van der Waals surface area contributed by atoms with Crippen LogP contribution in [-0.4, -0.2) is 27.7 Å². The number of ether oxygens (including phenoxy) is 1. The van der Waals surface area contributed by atoms with Crippen molar-refractivity contribution in [1.82, 2.24) is 20.6 Å². The highest BCUT2D eigenvalue weighted by Gasteiger charge is 2.19. The molecule has 0 aliphatic heterocycles. The molecule has 1 unspecified atom stereocenters. The van der Waals surface area contributed by atoms with E-state index in [-0.39, 0.29) is 17.8 Å². The number of amides is 2. The van der Waals surface area contributed by atoms with Crippen molar-refractivity contribution >= 4 is 22.6 Å². The molecule has 166 valence electrons. The number of aromatic nitrogens is 2. The van der Waals surface area contributed by atoms with Gasteiger partial charge in [0.15, 0.2) is 11.8 Å². The average molecular weight is 442 g/mol. The summed E-state index contributed by atoms with van der Waals surface area (Å²) in [5, 5.41) is 5.05. The van der Waals surface area contributed by atoms with E-state index >= 15 is 0 Å². The quantitative estimate of drug-likeness (QED) is 0.447. The molecule has 8 nitrogen and oxygen atoms in total. The highest BCUT2D eigenvalue weighted by Crippen LogP contribution is 2.14. The molecule has 2 amide bonds. The Morgan fingerprint density at radius 2 is 1.48 bits per heavy atom. The lowest BCUT2D eigenvalue weighted by Crippen LogP contribution is -2.47. The molecular weight excluding hydrogens is 420 g/mol. The van der Waals surface area contributed by atoms with Crippen molar-refractivity contribution in [3.8, 4) is 5.75 Å². The summed E-state index contributed by atoms with van der Waals surface area (Å²) in [7, 11) is 0. The average Bonchev–Trinajstić information content (AvgIpc) is 2.85. The molecule has 0 saturated carbocycles. The second kappa shape index (κ2) is 9.78. The first-order chi connectivity index (χ1) is 16.0. The standard InChI is InChI=1S/C25H22N4O4/c1-17(33-19-12-6-3-7-13-19)23(30)26-27-24(31)22-20-14-8-9-15-21(20)25(32)29(28-22)16-18-10-4-2-5-11-18/h2-15,17H,16H2,1H3,(H,26,30)(H,27,31). The van der Waals surface area contributed by atoms with Crippen molar-refractivity contribution in [3.63, 3.8) is 0 Å². The lowest BCUT2D eigenvalue weighted by Gasteiger charge is -2.15. The smallest absolute Gasteiger partial charge is 0.290 e. The van der Waals surface area contributed by atoms with Crippen LogP contribution >= 0.6 is 0 Å². The Labute approximate surface area is 189 Å². The summed E-state index contributed by atoms with van der Waals surface area (Å²) in [6.07, 6.45) is -0.843. The maximum atomic E-state index is 12.9. The largest absolute Gasteiger partial charge is 0.481 e. The van der Waals surface area contributed by atoms with Gasteiger partial charge in [-0.15, -0.1) is 0 Å². The molecule has 8 heteroatoms. The number of para-hydroxylation sites is 1. The van der Waals surface area contributed by atoms with Crippen LogP contribution in [0.25, 0.3) is 10.8 Å². The number of fused-ring (bicyclic) bond motifs is 1. The minimum Gasteiger partial charge on any atom is -0.481 e. The van der Waals surface area contributed by atoms with E-state index in [4.69, 9.17) is 4.74 Å². The molecule has 4 aromatic rings. The van der Waals surface area contributed by atoms with Gasteiger partial charge in [-0.1, -0.05) is 66.7 Å². The monoisotopic (exact) mass is 442 g/mol. The Morgan fingerprint density at radius 1 is 0.879 bits per heavy atom. The maximum Gasteiger partial charge on any atom is 0.290 e. The summed E-state index contributed by atoms with van der Waals surface area (Å²) in [5.74, 6) is -0.644. The highest BCUT2D eigenvalue weighted by molar-refractivity contribution is 6.05. The number of carbonyl (C=O) groups excluding carboxylic acids is 2. The number of hydrazine groups is 1. The summed E-state index contributed by atoms with van der Waals surface area (Å²) < 4.78 is 6.81. The summed E-state index contributed by atoms with van der Waals surface area (Å²) in [4.78, 5) is 38.2. The van der Waals surface area contributed by atoms with Crippen LogP contribution in [0.15, 0.2) is 89.7 Å². The van der Waals surface area contributed by atoms with Crippen molar-refractivity contribution in [1.29, 1.82) is 0 Å². The second-order valence-electron chi connectivity index (χ2n) is 7.36. The molecule has 0 bridgehead atoms. The number of hydrogen-bond donors (Lipinski definition) is 2. The summed E-state index contributed by atoms with van der Waals surface area (Å²) in [5.41, 5.74) is 5.32. The van der Waals surface area contributed by atoms with E-state index in [1.54, 1.807) is 55.5 Å². The van der Waals surface area contributed by atoms with Crippen molar-refractivity contribution in [2.24, 2.45) is 0 Å². The van der Waals surface area contributed by atoms with E-state index in [0.29, 0.717) is 16.5 Å². The van der Waals surface area contributed by atoms with Gasteiger partial charge in [0.25, 0.3) is 17.4 Å². The first-order valence-corrected chi connectivity index (χ1v) is 10.4. The van der Waals surface area contributed by atoms with Crippen LogP contribution in [0.3, 0.4) is 0 Å². The molecule has 4 rings (SSSR count). The van der Waals surface area contributed by atoms with E-state index in [0.717, 1.165) is 5.56 Å². The third-order valence-electron chi connectivity index (χ3n) is 4.98. The van der Waals surface area contributed by atoms with Crippen LogP contribution in [0.4, 0.5) is 0 Å². The van der Waals surface area contributed by atoms with E-state index in [9.17, 15) is 14.4 Å². The molecule has 2 N–H and O–H groups in total. The molecule has 0 spiro atoms. The number of rotatable bonds is 6. The first kappa shape index (κ1) is 21.8. The summed E-state index contributed by atoms with van der Waals surface area (Å²) in [6, 6.07) is 25.0. The van der Waals surface area contributed by atoms with Gasteiger partial charge in [0.1, 0.15) is 5.75 Å². The fourth-order valence-electron chi connectivity index (χ4n) is 3.30. The predicted octanol–water partition coefficient (Wildman–Crippen LogP) is 2.67. The van der Waals surface area contributed by atoms with E-state index in [1.807, 2.05) is 36.4 Å². The number of hydrogen-bond acceptors (Lipinski definition) is 5. The Hall–Kier alpha value is -4.46. The van der Waals surface area contributed by atoms with Gasteiger partial charge < -0.3 is 4.74 Å². The third-order valence-corrected chi connectivity index (χ3v) is 4.98. The van der Waals surface area contributed by atoms with Gasteiger partial charge in [0.2, 0.25) is 0 Å². The second-order valence-corrected chi connectivity index (χ2v) is 7.36. The number of carbonyl (C=O) groups is 2. The van der Waals surface area contributed by atoms with Crippen LogP contribution < -0.4 is 21.1 Å². The Morgan fingerprint density at radius 3 is 2.18 bits per heavy atom. The number of benzene rings is 3. The Balaban J connectivity index is 1.54. The van der Waals surface area contributed by atoms with E-state index in [2.05, 4.69) is 16.0 Å². The minimum atomic E-state index is -0.843. The van der Waals surface area contributed by atoms with Crippen LogP contribution in [-0.2, 0) is 11.3 Å². The van der Waals surface area contributed by atoms with Gasteiger partial charge in [0.05, 0.1) is 11.9 Å². The van der Waals surface area contributed by atoms with Gasteiger partial charge in [-0.25, -0.2) is 4.68 Å². The predicted molar refractivity (Wildman–Crippen MR) is 124 cm³/mol. The fraction of sp³-hybridized carbons (Fsp3) is 0.120. The fourth-order valence-corrected chi connectivity index (χ4v) is 3.30. The Bertz CT molecular complexity index is 1340. The first-order valence-electron chi connectivity index (χ1n) is 10.4. The maximum absolute atomic E-state index is 12.9. The zero-order chi connectivity index (χ0) is 23.2. The molecule has 1 heterocycles. The molecule has 33 heavy (non-hydrogen) atoms. The van der Waals surface area contributed by atoms with Crippen LogP contribution in [0.1, 0.15) is 23.0 Å². The lowest BCUT2D eigenvalue weighted by atomic mass is 10.1. The molecule has 0 radical (unpaired) electrons. The topological polar surface area (TPSA) is 102 Å². The molecule has 0 fully saturated rings. The zero-order valence-electron chi connectivity index (χ0n) is 17.9. The lowest BCUT2D eigenvalue weighted by molar-refractivity contribution is -0.128. The molecule has 0 saturated heterocycles. The Kier molecular flexibility index (Phi) is 6.45. The molecule has 3 aromatic carbocycles. The SMILES string of the molecule is CC(Oc1ccccc1)C(=O)NNC(=O)c1nn(Cc2ccccc2)c(=O)c2ccccc12. The van der Waals surface area contributed by atoms with Crippen molar-refractivity contribution in [2.75, 3.05) is 0 Å². The molecule has 0 aliphatic rings. The normalized spacial score (nSPS) is 11.5. The van der Waals surface area contributed by atoms with Crippen molar-refractivity contribution < 1.29 is 14.3 Å². The van der Waals surface area contributed by atoms with Gasteiger partial charge in [-0.3, -0.25) is 25.2 Å². The number of nitrogens with one attached hydrogen (secondary N) is 2. The van der Waals surface area contributed by atoms with Gasteiger partial charge in [-0.05, 0) is 30.7 Å². The van der Waals surface area contributed by atoms with Gasteiger partial charge >= 0.3 is 0 Å². The minimum absolute atomic E-state index is 0.0260. The van der Waals surface area contributed by atoms with E-state index in [1.165, 1.54) is 4.68 Å². The van der Waals surface area contributed by atoms with Crippen LogP contribution in [0.5, 0.6) is 5.75 Å². The molecular formula is C25H22N4O4. The van der Waals surface area contributed by atoms with E-state index < -0.39 is 17.9 Å². The molecule has 1 aromatic heterocycles. The van der Waals surface area contributed by atoms with Crippen LogP contribution in [0.2, 0.25) is 0 Å². The summed E-state index contributed by atoms with van der Waals surface area (Å²) >= 11 is 0. The zero-order valence-corrected chi connectivity index (χ0v) is 17.9. The molecule has 0 aliphatic carbocycles. The highest BCUT2D eigenvalue weighted by atomic mass is 16.5. The third kappa shape index (κ3) is 5.07. The van der Waals surface area contributed by atoms with Gasteiger partial charge in [0, 0.05) is 5.39 Å². The van der Waals surface area contributed by atoms with Crippen molar-refractivity contribution in [2.45, 2.75) is 19.6 Å². The van der Waals surface area contributed by atoms with Crippen LogP contribution in [0, 0.1) is 0 Å².